The lowest BCUT2D eigenvalue weighted by atomic mass is 9.89. The van der Waals surface area contributed by atoms with Crippen LogP contribution in [-0.2, 0) is 6.42 Å². The summed E-state index contributed by atoms with van der Waals surface area (Å²) in [5.74, 6) is 0.748. The van der Waals surface area contributed by atoms with Crippen LogP contribution in [0.25, 0.3) is 0 Å². The molecule has 2 heteroatoms. The summed E-state index contributed by atoms with van der Waals surface area (Å²) in [7, 11) is 0. The maximum absolute atomic E-state index is 13.2. The second-order valence-electron chi connectivity index (χ2n) is 6.62. The molecule has 1 aromatic carbocycles. The lowest BCUT2D eigenvalue weighted by molar-refractivity contribution is 0.352. The van der Waals surface area contributed by atoms with Crippen LogP contribution in [0.15, 0.2) is 18.2 Å². The zero-order valence-electron chi connectivity index (χ0n) is 13.6. The van der Waals surface area contributed by atoms with E-state index in [2.05, 4.69) is 12.2 Å². The van der Waals surface area contributed by atoms with E-state index in [-0.39, 0.29) is 5.82 Å². The molecule has 1 aliphatic rings. The topological polar surface area (TPSA) is 12.0 Å². The molecule has 21 heavy (non-hydrogen) atoms. The number of likely N-dealkylation sites (N-methyl/N-ethyl adjacent to an activating group) is 1. The Morgan fingerprint density at radius 2 is 1.90 bits per heavy atom. The monoisotopic (exact) mass is 291 g/mol. The SMILES string of the molecule is CCNC(Cc1ccc(F)cc1C)CC1CCCCCC1. The molecule has 0 spiro atoms. The van der Waals surface area contributed by atoms with Crippen molar-refractivity contribution in [1.29, 1.82) is 0 Å². The van der Waals surface area contributed by atoms with Crippen molar-refractivity contribution >= 4 is 0 Å². The minimum absolute atomic E-state index is 0.125. The third kappa shape index (κ3) is 5.43. The Bertz CT molecular complexity index is 422. The molecule has 0 saturated heterocycles. The third-order valence-electron chi connectivity index (χ3n) is 4.86. The smallest absolute Gasteiger partial charge is 0.123 e. The molecule has 1 fully saturated rings. The maximum atomic E-state index is 13.2. The first-order valence-corrected chi connectivity index (χ1v) is 8.67. The van der Waals surface area contributed by atoms with E-state index >= 15 is 0 Å². The Balaban J connectivity index is 1.97. The highest BCUT2D eigenvalue weighted by Gasteiger charge is 2.18. The minimum atomic E-state index is -0.125. The van der Waals surface area contributed by atoms with E-state index < -0.39 is 0 Å². The lowest BCUT2D eigenvalue weighted by Gasteiger charge is -2.24. The Kier molecular flexibility index (Phi) is 6.69. The van der Waals surface area contributed by atoms with Crippen molar-refractivity contribution < 1.29 is 4.39 Å². The molecule has 0 bridgehead atoms. The van der Waals surface area contributed by atoms with Gasteiger partial charge in [0.15, 0.2) is 0 Å². The molecule has 0 aromatic heterocycles. The molecule has 0 radical (unpaired) electrons. The molecule has 0 amide bonds. The summed E-state index contributed by atoms with van der Waals surface area (Å²) in [6.07, 6.45) is 10.7. The first-order valence-electron chi connectivity index (χ1n) is 8.67. The van der Waals surface area contributed by atoms with Crippen molar-refractivity contribution in [2.45, 2.75) is 71.3 Å². The Morgan fingerprint density at radius 1 is 1.19 bits per heavy atom. The Labute approximate surface area is 129 Å². The molecular weight excluding hydrogens is 261 g/mol. The molecule has 1 aliphatic carbocycles. The second-order valence-corrected chi connectivity index (χ2v) is 6.62. The van der Waals surface area contributed by atoms with E-state index in [9.17, 15) is 4.39 Å². The number of rotatable bonds is 6. The third-order valence-corrected chi connectivity index (χ3v) is 4.86. The fourth-order valence-corrected chi connectivity index (χ4v) is 3.68. The normalized spacial score (nSPS) is 18.4. The highest BCUT2D eigenvalue weighted by molar-refractivity contribution is 5.27. The van der Waals surface area contributed by atoms with E-state index in [1.165, 1.54) is 50.5 Å². The van der Waals surface area contributed by atoms with Crippen LogP contribution in [0.1, 0.15) is 63.0 Å². The van der Waals surface area contributed by atoms with Gasteiger partial charge in [0.2, 0.25) is 0 Å². The second kappa shape index (κ2) is 8.53. The summed E-state index contributed by atoms with van der Waals surface area (Å²) in [5, 5.41) is 3.65. The largest absolute Gasteiger partial charge is 0.314 e. The van der Waals surface area contributed by atoms with Crippen molar-refractivity contribution in [3.05, 3.63) is 35.1 Å². The minimum Gasteiger partial charge on any atom is -0.314 e. The van der Waals surface area contributed by atoms with E-state index in [1.54, 1.807) is 12.1 Å². The van der Waals surface area contributed by atoms with Gasteiger partial charge in [0, 0.05) is 6.04 Å². The van der Waals surface area contributed by atoms with Crippen molar-refractivity contribution in [1.82, 2.24) is 5.32 Å². The zero-order chi connectivity index (χ0) is 15.1. The number of nitrogens with one attached hydrogen (secondary N) is 1. The van der Waals surface area contributed by atoms with Gasteiger partial charge < -0.3 is 5.32 Å². The van der Waals surface area contributed by atoms with E-state index in [0.29, 0.717) is 6.04 Å². The maximum Gasteiger partial charge on any atom is 0.123 e. The van der Waals surface area contributed by atoms with Gasteiger partial charge in [-0.1, -0.05) is 51.5 Å². The lowest BCUT2D eigenvalue weighted by Crippen LogP contribution is -2.33. The summed E-state index contributed by atoms with van der Waals surface area (Å²) in [6.45, 7) is 5.21. The molecule has 1 nitrogen and oxygen atoms in total. The first kappa shape index (κ1) is 16.5. The number of benzene rings is 1. The molecule has 1 aromatic rings. The molecule has 1 N–H and O–H groups in total. The van der Waals surface area contributed by atoms with Crippen LogP contribution < -0.4 is 5.32 Å². The summed E-state index contributed by atoms with van der Waals surface area (Å²) in [5.41, 5.74) is 2.37. The molecule has 1 unspecified atom stereocenters. The van der Waals surface area contributed by atoms with Crippen molar-refractivity contribution in [3.63, 3.8) is 0 Å². The standard InChI is InChI=1S/C19H30FN/c1-3-21-19(13-16-8-6-4-5-7-9-16)14-17-10-11-18(20)12-15(17)2/h10-12,16,19,21H,3-9,13-14H2,1-2H3. The van der Waals surface area contributed by atoms with Crippen LogP contribution in [0.2, 0.25) is 0 Å². The molecule has 1 saturated carbocycles. The van der Waals surface area contributed by atoms with Crippen LogP contribution in [0.4, 0.5) is 4.39 Å². The van der Waals surface area contributed by atoms with Gasteiger partial charge in [-0.25, -0.2) is 4.39 Å². The van der Waals surface area contributed by atoms with Gasteiger partial charge in [0.1, 0.15) is 5.82 Å². The highest BCUT2D eigenvalue weighted by atomic mass is 19.1. The fraction of sp³-hybridized carbons (Fsp3) is 0.684. The molecule has 118 valence electrons. The highest BCUT2D eigenvalue weighted by Crippen LogP contribution is 2.27. The number of hydrogen-bond donors (Lipinski definition) is 1. The Morgan fingerprint density at radius 3 is 2.52 bits per heavy atom. The first-order chi connectivity index (χ1) is 10.2. The van der Waals surface area contributed by atoms with Crippen molar-refractivity contribution in [2.24, 2.45) is 5.92 Å². The average molecular weight is 291 g/mol. The fourth-order valence-electron chi connectivity index (χ4n) is 3.68. The summed E-state index contributed by atoms with van der Waals surface area (Å²) >= 11 is 0. The predicted octanol–water partition coefficient (Wildman–Crippen LogP) is 5.02. The molecular formula is C19H30FN. The Hall–Kier alpha value is -0.890. The number of halogens is 1. The van der Waals surface area contributed by atoms with Crippen LogP contribution >= 0.6 is 0 Å². The number of hydrogen-bond acceptors (Lipinski definition) is 1. The van der Waals surface area contributed by atoms with Gasteiger partial charge in [-0.15, -0.1) is 0 Å². The number of aryl methyl sites for hydroxylation is 1. The van der Waals surface area contributed by atoms with Gasteiger partial charge in [-0.3, -0.25) is 0 Å². The van der Waals surface area contributed by atoms with E-state index in [1.807, 2.05) is 13.0 Å². The predicted molar refractivity (Wildman–Crippen MR) is 88.1 cm³/mol. The quantitative estimate of drug-likeness (QED) is 0.726. The van der Waals surface area contributed by atoms with Gasteiger partial charge in [0.25, 0.3) is 0 Å². The van der Waals surface area contributed by atoms with Crippen LogP contribution in [-0.4, -0.2) is 12.6 Å². The van der Waals surface area contributed by atoms with Gasteiger partial charge in [0.05, 0.1) is 0 Å². The van der Waals surface area contributed by atoms with Gasteiger partial charge in [-0.2, -0.15) is 0 Å². The summed E-state index contributed by atoms with van der Waals surface area (Å²) in [4.78, 5) is 0. The molecule has 1 atom stereocenters. The van der Waals surface area contributed by atoms with Crippen LogP contribution in [0, 0.1) is 18.7 Å². The molecule has 0 heterocycles. The summed E-state index contributed by atoms with van der Waals surface area (Å²) in [6, 6.07) is 5.74. The summed E-state index contributed by atoms with van der Waals surface area (Å²) < 4.78 is 13.2. The van der Waals surface area contributed by atoms with Gasteiger partial charge >= 0.3 is 0 Å². The molecule has 0 aliphatic heterocycles. The molecule has 2 rings (SSSR count). The van der Waals surface area contributed by atoms with E-state index in [0.717, 1.165) is 24.4 Å². The average Bonchev–Trinajstić information content (AvgIpc) is 2.71. The zero-order valence-corrected chi connectivity index (χ0v) is 13.6. The van der Waals surface area contributed by atoms with Crippen LogP contribution in [0.3, 0.4) is 0 Å². The van der Waals surface area contributed by atoms with Crippen molar-refractivity contribution in [3.8, 4) is 0 Å². The van der Waals surface area contributed by atoms with E-state index in [4.69, 9.17) is 0 Å². The van der Waals surface area contributed by atoms with Crippen molar-refractivity contribution in [2.75, 3.05) is 6.54 Å². The van der Waals surface area contributed by atoms with Crippen LogP contribution in [0.5, 0.6) is 0 Å². The van der Waals surface area contributed by atoms with Gasteiger partial charge in [-0.05, 0) is 55.5 Å².